The number of amides is 3. The molecule has 1 saturated heterocycles. The van der Waals surface area contributed by atoms with Crippen molar-refractivity contribution in [1.82, 2.24) is 43.6 Å². The fourth-order valence-corrected chi connectivity index (χ4v) is 7.26. The minimum Gasteiger partial charge on any atom is -0.494 e. The minimum atomic E-state index is -1.17. The van der Waals surface area contributed by atoms with Gasteiger partial charge in [0.15, 0.2) is 0 Å². The second-order valence-corrected chi connectivity index (χ2v) is 14.5. The van der Waals surface area contributed by atoms with Gasteiger partial charge in [-0.05, 0) is 64.1 Å². The number of imidazole rings is 2. The maximum Gasteiger partial charge on any atom is 0.335 e. The molecule has 2 aromatic carbocycles. The molecule has 1 aliphatic heterocycles. The summed E-state index contributed by atoms with van der Waals surface area (Å²) in [4.78, 5) is 63.6. The summed E-state index contributed by atoms with van der Waals surface area (Å²) in [5, 5.41) is 24.4. The van der Waals surface area contributed by atoms with Crippen molar-refractivity contribution < 1.29 is 38.5 Å². The lowest BCUT2D eigenvalue weighted by atomic mass is 10.1. The summed E-state index contributed by atoms with van der Waals surface area (Å²) in [6.45, 7) is 11.9. The third-order valence-corrected chi connectivity index (χ3v) is 10.3. The Morgan fingerprint density at radius 2 is 1.32 bits per heavy atom. The number of fused-ring (bicyclic) bond motifs is 2. The Kier molecular flexibility index (Phi) is 13.2. The molecule has 4 aromatic heterocycles. The van der Waals surface area contributed by atoms with Gasteiger partial charge < -0.3 is 34.2 Å². The number of primary amides is 1. The fraction of sp³-hybridized carbons (Fsp3) is 0.349. The molecule has 1 aliphatic rings. The number of allylic oxidation sites excluding steroid dienone is 2. The summed E-state index contributed by atoms with van der Waals surface area (Å²) in [7, 11) is 1.42. The van der Waals surface area contributed by atoms with Gasteiger partial charge in [0.05, 0.1) is 54.9 Å². The van der Waals surface area contributed by atoms with E-state index in [0.717, 1.165) is 13.1 Å². The Balaban J connectivity index is 1.26. The van der Waals surface area contributed by atoms with Gasteiger partial charge in [0.2, 0.25) is 17.8 Å². The quantitative estimate of drug-likeness (QED) is 0.0803. The number of nitrogens with zero attached hydrogens (tertiary/aromatic N) is 9. The van der Waals surface area contributed by atoms with Crippen molar-refractivity contribution in [2.75, 3.05) is 57.2 Å². The van der Waals surface area contributed by atoms with Crippen LogP contribution in [0.15, 0.2) is 48.6 Å². The molecule has 5 heterocycles. The number of hydrogen-bond acceptors (Lipinski definition) is 12. The van der Waals surface area contributed by atoms with Crippen LogP contribution in [0, 0.1) is 25.7 Å². The summed E-state index contributed by atoms with van der Waals surface area (Å²) in [5.41, 5.74) is 9.34. The van der Waals surface area contributed by atoms with Gasteiger partial charge in [-0.1, -0.05) is 24.0 Å². The van der Waals surface area contributed by atoms with E-state index in [4.69, 9.17) is 24.9 Å². The van der Waals surface area contributed by atoms with E-state index in [1.54, 1.807) is 44.5 Å². The summed E-state index contributed by atoms with van der Waals surface area (Å²) < 4.78 is 23.9. The number of carboxylic acid groups (broad SMARTS) is 1. The van der Waals surface area contributed by atoms with Gasteiger partial charge in [0, 0.05) is 44.8 Å². The highest BCUT2D eigenvalue weighted by Gasteiger charge is 2.24. The molecular formula is C43H48N12O8. The van der Waals surface area contributed by atoms with Crippen molar-refractivity contribution in [2.45, 2.75) is 53.9 Å². The molecule has 1 fully saturated rings. The number of nitrogens with two attached hydrogens (primary N) is 1. The molecule has 20 nitrogen and oxygen atoms in total. The number of methoxy groups -OCH3 is 1. The Labute approximate surface area is 361 Å². The fourth-order valence-electron chi connectivity index (χ4n) is 7.26. The number of anilines is 2. The molecule has 0 spiro atoms. The monoisotopic (exact) mass is 860 g/mol. The van der Waals surface area contributed by atoms with E-state index in [-0.39, 0.29) is 59.7 Å². The second kappa shape index (κ2) is 19.0. The number of hydrogen-bond donors (Lipinski definition) is 4. The first-order chi connectivity index (χ1) is 30.4. The first kappa shape index (κ1) is 43.6. The van der Waals surface area contributed by atoms with Gasteiger partial charge >= 0.3 is 5.97 Å². The molecule has 6 aromatic rings. The van der Waals surface area contributed by atoms with Crippen LogP contribution in [0.4, 0.5) is 11.9 Å². The maximum absolute atomic E-state index is 13.8. The molecule has 0 radical (unpaired) electrons. The number of aromatic carboxylic acids is 1. The number of aryl methyl sites for hydroxylation is 4. The zero-order valence-corrected chi connectivity index (χ0v) is 35.6. The van der Waals surface area contributed by atoms with Gasteiger partial charge in [-0.2, -0.15) is 10.2 Å². The van der Waals surface area contributed by atoms with Crippen molar-refractivity contribution in [3.8, 4) is 23.3 Å². The van der Waals surface area contributed by atoms with Crippen LogP contribution < -0.4 is 25.8 Å². The minimum absolute atomic E-state index is 0.00837. The number of rotatable bonds is 16. The lowest BCUT2D eigenvalue weighted by Crippen LogP contribution is -2.36. The summed E-state index contributed by atoms with van der Waals surface area (Å²) in [6, 6.07) is 9.19. The molecule has 63 heavy (non-hydrogen) atoms. The van der Waals surface area contributed by atoms with Crippen molar-refractivity contribution in [3.05, 3.63) is 82.5 Å². The molecule has 20 heteroatoms. The van der Waals surface area contributed by atoms with Crippen LogP contribution in [-0.2, 0) is 30.9 Å². The molecule has 0 bridgehead atoms. The van der Waals surface area contributed by atoms with E-state index in [1.165, 1.54) is 31.4 Å². The number of carbonyl (C=O) groups is 4. The van der Waals surface area contributed by atoms with Crippen LogP contribution in [0.5, 0.6) is 11.5 Å². The van der Waals surface area contributed by atoms with Crippen molar-refractivity contribution in [2.24, 2.45) is 5.73 Å². The zero-order chi connectivity index (χ0) is 44.8. The summed E-state index contributed by atoms with van der Waals surface area (Å²) in [6.07, 6.45) is 3.63. The highest BCUT2D eigenvalue weighted by Crippen LogP contribution is 2.33. The number of nitrogens with one attached hydrogen (secondary N) is 2. The maximum atomic E-state index is 13.8. The summed E-state index contributed by atoms with van der Waals surface area (Å²) in [5.74, 6) is 4.17. The van der Waals surface area contributed by atoms with Gasteiger partial charge in [-0.25, -0.2) is 14.8 Å². The third kappa shape index (κ3) is 9.54. The first-order valence-electron chi connectivity index (χ1n) is 20.3. The first-order valence-corrected chi connectivity index (χ1v) is 20.3. The van der Waals surface area contributed by atoms with E-state index in [9.17, 15) is 24.3 Å². The van der Waals surface area contributed by atoms with E-state index < -0.39 is 23.7 Å². The van der Waals surface area contributed by atoms with E-state index in [1.807, 2.05) is 26.0 Å². The van der Waals surface area contributed by atoms with Crippen LogP contribution in [-0.4, -0.2) is 119 Å². The van der Waals surface area contributed by atoms with E-state index in [0.29, 0.717) is 72.2 Å². The average Bonchev–Trinajstić information content (AvgIpc) is 4.04. The Morgan fingerprint density at radius 1 is 0.794 bits per heavy atom. The van der Waals surface area contributed by atoms with Crippen LogP contribution >= 0.6 is 0 Å². The zero-order valence-electron chi connectivity index (χ0n) is 35.6. The smallest absolute Gasteiger partial charge is 0.335 e. The predicted octanol–water partition coefficient (Wildman–Crippen LogP) is 3.72. The largest absolute Gasteiger partial charge is 0.494 e. The van der Waals surface area contributed by atoms with E-state index in [2.05, 4.69) is 42.6 Å². The molecule has 0 aliphatic carbocycles. The number of carboxylic acids is 1. The third-order valence-electron chi connectivity index (χ3n) is 10.3. The van der Waals surface area contributed by atoms with E-state index >= 15 is 0 Å². The van der Waals surface area contributed by atoms with Gasteiger partial charge in [-0.3, -0.25) is 39.3 Å². The van der Waals surface area contributed by atoms with Gasteiger partial charge in [0.25, 0.3) is 11.8 Å². The lowest BCUT2D eigenvalue weighted by Gasteiger charge is -2.24. The van der Waals surface area contributed by atoms with Crippen molar-refractivity contribution >= 4 is 57.7 Å². The topological polar surface area (TPSA) is 241 Å². The number of ether oxygens (including phenoxy) is 3. The number of benzene rings is 2. The Morgan fingerprint density at radius 3 is 1.83 bits per heavy atom. The molecule has 0 atom stereocenters. The van der Waals surface area contributed by atoms with Crippen LogP contribution in [0.25, 0.3) is 22.1 Å². The molecule has 7 rings (SSSR count). The van der Waals surface area contributed by atoms with Crippen molar-refractivity contribution in [3.63, 3.8) is 0 Å². The number of morpholine rings is 1. The molecule has 0 saturated carbocycles. The molecule has 0 unspecified atom stereocenters. The van der Waals surface area contributed by atoms with Crippen LogP contribution in [0.1, 0.15) is 66.9 Å². The lowest BCUT2D eigenvalue weighted by molar-refractivity contribution is 0.0443. The summed E-state index contributed by atoms with van der Waals surface area (Å²) >= 11 is 0. The van der Waals surface area contributed by atoms with Gasteiger partial charge in [0.1, 0.15) is 40.5 Å². The van der Waals surface area contributed by atoms with Crippen molar-refractivity contribution in [1.29, 1.82) is 0 Å². The molecule has 3 amide bonds. The number of carbonyl (C=O) groups excluding carboxylic acids is 3. The Bertz CT molecular complexity index is 2810. The predicted molar refractivity (Wildman–Crippen MR) is 232 cm³/mol. The highest BCUT2D eigenvalue weighted by atomic mass is 16.5. The standard InChI is InChI=1S/C43H48N12O8/c1-6-54-32(20-26(3)49-54)39(57)47-42-46-31-23-29(41(59)60)25-34(61-5)36(31)52(42)13-8-9-14-53-37-30(45-43(53)48-40(58)33-21-27(4)50-55(33)7-2)22-28(38(44)56)24-35(37)63-17-11-10-12-51-15-18-62-19-16-51/h8-9,20-25H,6-7,12-19H2,1-5H3,(H2,44,56)(H,59,60)(H,45,48,58)(H,46,47,57). The second-order valence-electron chi connectivity index (χ2n) is 14.5. The van der Waals surface area contributed by atoms with Crippen LogP contribution in [0.3, 0.4) is 0 Å². The molecular weight excluding hydrogens is 813 g/mol. The molecule has 328 valence electrons. The average molecular weight is 861 g/mol. The SMILES string of the molecule is CCn1nc(C)cc1C(=O)Nc1nc2cc(C(=O)O)cc(OC)c2n1CC=CCn1c(NC(=O)c2cc(C)nn2CC)nc2cc(C(N)=O)cc(OCC#CCN3CCOCC3)c21. The van der Waals surface area contributed by atoms with Gasteiger partial charge in [-0.15, -0.1) is 0 Å². The Hall–Kier alpha value is -7.50. The van der Waals surface area contributed by atoms with Crippen LogP contribution in [0.2, 0.25) is 0 Å². The number of aromatic nitrogens is 8. The molecule has 5 N–H and O–H groups in total. The normalized spacial score (nSPS) is 13.0. The highest BCUT2D eigenvalue weighted by molar-refractivity contribution is 6.05.